The highest BCUT2D eigenvalue weighted by Crippen LogP contribution is 2.31. The second-order valence-corrected chi connectivity index (χ2v) is 6.58. The van der Waals surface area contributed by atoms with E-state index in [0.717, 1.165) is 16.4 Å². The number of amides is 1. The molecule has 1 amide bonds. The quantitative estimate of drug-likeness (QED) is 0.490. The van der Waals surface area contributed by atoms with Crippen LogP contribution in [0.3, 0.4) is 0 Å². The van der Waals surface area contributed by atoms with Gasteiger partial charge in [-0.05, 0) is 53.3 Å². The van der Waals surface area contributed by atoms with Crippen LogP contribution in [0.2, 0.25) is 0 Å². The molecule has 1 N–H and O–H groups in total. The fraction of sp³-hybridized carbons (Fsp3) is 0.500. The maximum Gasteiger partial charge on any atom is 0.270 e. The van der Waals surface area contributed by atoms with Crippen LogP contribution in [-0.2, 0) is 0 Å². The molecule has 1 aromatic rings. The lowest BCUT2D eigenvalue weighted by molar-refractivity contribution is -0.384. The summed E-state index contributed by atoms with van der Waals surface area (Å²) < 4.78 is 0.726. The van der Waals surface area contributed by atoms with Crippen molar-refractivity contribution in [2.75, 3.05) is 0 Å². The largest absolute Gasteiger partial charge is 0.349 e. The van der Waals surface area contributed by atoms with Gasteiger partial charge in [-0.25, -0.2) is 0 Å². The number of rotatable bonds is 3. The van der Waals surface area contributed by atoms with Crippen LogP contribution in [0, 0.1) is 25.5 Å². The summed E-state index contributed by atoms with van der Waals surface area (Å²) in [7, 11) is 0. The number of carbonyl (C=O) groups is 1. The average molecular weight is 388 g/mol. The highest BCUT2D eigenvalue weighted by atomic mass is 127. The van der Waals surface area contributed by atoms with Crippen molar-refractivity contribution in [3.05, 3.63) is 37.4 Å². The Morgan fingerprint density at radius 2 is 2.10 bits per heavy atom. The zero-order valence-electron chi connectivity index (χ0n) is 11.4. The van der Waals surface area contributed by atoms with E-state index >= 15 is 0 Å². The molecule has 20 heavy (non-hydrogen) atoms. The van der Waals surface area contributed by atoms with Crippen LogP contribution in [0.25, 0.3) is 0 Å². The molecule has 5 nitrogen and oxygen atoms in total. The van der Waals surface area contributed by atoms with Gasteiger partial charge in [0.2, 0.25) is 0 Å². The van der Waals surface area contributed by atoms with Crippen molar-refractivity contribution in [3.63, 3.8) is 0 Å². The van der Waals surface area contributed by atoms with Crippen molar-refractivity contribution in [3.8, 4) is 0 Å². The van der Waals surface area contributed by atoms with Crippen molar-refractivity contribution >= 4 is 34.2 Å². The summed E-state index contributed by atoms with van der Waals surface area (Å²) in [5.41, 5.74) is 0.329. The molecule has 0 saturated heterocycles. The Morgan fingerprint density at radius 1 is 1.40 bits per heavy atom. The highest BCUT2D eigenvalue weighted by Gasteiger charge is 2.31. The number of non-ortho nitro benzene ring substituents is 1. The zero-order valence-corrected chi connectivity index (χ0v) is 13.6. The number of hydrogen-bond donors (Lipinski definition) is 1. The Labute approximate surface area is 131 Å². The number of carbonyl (C=O) groups excluding carboxylic acids is 1. The lowest BCUT2D eigenvalue weighted by atomic mass is 9.97. The number of halogens is 1. The van der Waals surface area contributed by atoms with Crippen LogP contribution in [0.4, 0.5) is 5.69 Å². The van der Waals surface area contributed by atoms with E-state index in [1.54, 1.807) is 6.07 Å². The number of nitrogens with one attached hydrogen (secondary N) is 1. The van der Waals surface area contributed by atoms with E-state index < -0.39 is 4.92 Å². The van der Waals surface area contributed by atoms with E-state index in [4.69, 9.17) is 0 Å². The Morgan fingerprint density at radius 3 is 2.65 bits per heavy atom. The van der Waals surface area contributed by atoms with Crippen LogP contribution >= 0.6 is 22.6 Å². The molecule has 3 atom stereocenters. The summed E-state index contributed by atoms with van der Waals surface area (Å²) >= 11 is 2.03. The zero-order chi connectivity index (χ0) is 14.9. The number of benzene rings is 1. The SMILES string of the molecule is CC1CCC(NC(=O)c2cc([N+](=O)[O-])ccc2I)C1C. The molecule has 0 radical (unpaired) electrons. The van der Waals surface area contributed by atoms with Crippen molar-refractivity contribution in [2.45, 2.75) is 32.7 Å². The standard InChI is InChI=1S/C14H17IN2O3/c1-8-3-6-13(9(8)2)16-14(18)11-7-10(17(19)20)4-5-12(11)15/h4-5,7-9,13H,3,6H2,1-2H3,(H,16,18). The molecule has 0 aliphatic heterocycles. The van der Waals surface area contributed by atoms with E-state index in [-0.39, 0.29) is 17.6 Å². The van der Waals surface area contributed by atoms with E-state index in [1.165, 1.54) is 12.1 Å². The van der Waals surface area contributed by atoms with E-state index in [2.05, 4.69) is 19.2 Å². The first kappa shape index (κ1) is 15.2. The van der Waals surface area contributed by atoms with Crippen LogP contribution < -0.4 is 5.32 Å². The summed E-state index contributed by atoms with van der Waals surface area (Å²) in [6.07, 6.45) is 2.08. The van der Waals surface area contributed by atoms with Crippen molar-refractivity contribution < 1.29 is 9.72 Å². The van der Waals surface area contributed by atoms with Gasteiger partial charge in [0.1, 0.15) is 0 Å². The molecule has 0 heterocycles. The molecule has 3 unspecified atom stereocenters. The number of nitro benzene ring substituents is 1. The normalized spacial score (nSPS) is 25.4. The molecule has 1 fully saturated rings. The summed E-state index contributed by atoms with van der Waals surface area (Å²) in [5.74, 6) is 0.823. The van der Waals surface area contributed by atoms with Gasteiger partial charge in [0.25, 0.3) is 11.6 Å². The molecule has 2 rings (SSSR count). The minimum absolute atomic E-state index is 0.0524. The van der Waals surface area contributed by atoms with E-state index in [1.807, 2.05) is 22.6 Å². The average Bonchev–Trinajstić information content (AvgIpc) is 2.71. The molecule has 0 aromatic heterocycles. The summed E-state index contributed by atoms with van der Waals surface area (Å²) in [5, 5.41) is 13.8. The highest BCUT2D eigenvalue weighted by molar-refractivity contribution is 14.1. The maximum atomic E-state index is 12.3. The van der Waals surface area contributed by atoms with Gasteiger partial charge < -0.3 is 5.32 Å². The smallest absolute Gasteiger partial charge is 0.270 e. The number of hydrogen-bond acceptors (Lipinski definition) is 3. The monoisotopic (exact) mass is 388 g/mol. The molecule has 1 aromatic carbocycles. The first-order valence-electron chi connectivity index (χ1n) is 6.65. The predicted molar refractivity (Wildman–Crippen MR) is 84.6 cm³/mol. The summed E-state index contributed by atoms with van der Waals surface area (Å²) in [4.78, 5) is 22.6. The number of nitro groups is 1. The second-order valence-electron chi connectivity index (χ2n) is 5.41. The van der Waals surface area contributed by atoms with Gasteiger partial charge in [-0.1, -0.05) is 13.8 Å². The Balaban J connectivity index is 2.17. The first-order chi connectivity index (χ1) is 9.40. The van der Waals surface area contributed by atoms with Crippen molar-refractivity contribution in [1.82, 2.24) is 5.32 Å². The second kappa shape index (κ2) is 6.07. The Hall–Kier alpha value is -1.18. The van der Waals surface area contributed by atoms with Crippen LogP contribution in [-0.4, -0.2) is 16.9 Å². The van der Waals surface area contributed by atoms with E-state index in [0.29, 0.717) is 17.4 Å². The van der Waals surface area contributed by atoms with Crippen LogP contribution in [0.5, 0.6) is 0 Å². The minimum Gasteiger partial charge on any atom is -0.349 e. The van der Waals surface area contributed by atoms with Crippen LogP contribution in [0.1, 0.15) is 37.0 Å². The molecule has 0 spiro atoms. The molecule has 1 saturated carbocycles. The third kappa shape index (κ3) is 3.11. The summed E-state index contributed by atoms with van der Waals surface area (Å²) in [6.45, 7) is 4.33. The first-order valence-corrected chi connectivity index (χ1v) is 7.73. The maximum absolute atomic E-state index is 12.3. The minimum atomic E-state index is -0.479. The molecular weight excluding hydrogens is 371 g/mol. The third-order valence-corrected chi connectivity index (χ3v) is 5.13. The number of nitrogens with zero attached hydrogens (tertiary/aromatic N) is 1. The van der Waals surface area contributed by atoms with Crippen LogP contribution in [0.15, 0.2) is 18.2 Å². The van der Waals surface area contributed by atoms with Crippen molar-refractivity contribution in [2.24, 2.45) is 11.8 Å². The molecule has 6 heteroatoms. The molecule has 0 bridgehead atoms. The topological polar surface area (TPSA) is 72.2 Å². The lowest BCUT2D eigenvalue weighted by Gasteiger charge is -2.20. The summed E-state index contributed by atoms with van der Waals surface area (Å²) in [6, 6.07) is 4.53. The Bertz CT molecular complexity index is 547. The van der Waals surface area contributed by atoms with Gasteiger partial charge in [-0.3, -0.25) is 14.9 Å². The van der Waals surface area contributed by atoms with Gasteiger partial charge in [0, 0.05) is 21.7 Å². The fourth-order valence-electron chi connectivity index (χ4n) is 2.62. The van der Waals surface area contributed by atoms with Gasteiger partial charge in [0.15, 0.2) is 0 Å². The van der Waals surface area contributed by atoms with E-state index in [9.17, 15) is 14.9 Å². The lowest BCUT2D eigenvalue weighted by Crippen LogP contribution is -2.37. The predicted octanol–water partition coefficient (Wildman–Crippen LogP) is 3.36. The van der Waals surface area contributed by atoms with Crippen molar-refractivity contribution in [1.29, 1.82) is 0 Å². The van der Waals surface area contributed by atoms with Gasteiger partial charge in [-0.2, -0.15) is 0 Å². The molecular formula is C14H17IN2O3. The Kier molecular flexibility index (Phi) is 4.62. The molecule has 1 aliphatic carbocycles. The molecule has 1 aliphatic rings. The van der Waals surface area contributed by atoms with Gasteiger partial charge in [-0.15, -0.1) is 0 Å². The fourth-order valence-corrected chi connectivity index (χ4v) is 3.20. The van der Waals surface area contributed by atoms with Gasteiger partial charge >= 0.3 is 0 Å². The third-order valence-electron chi connectivity index (χ3n) is 4.19. The van der Waals surface area contributed by atoms with Gasteiger partial charge in [0.05, 0.1) is 10.5 Å². The molecule has 108 valence electrons.